The molecule has 1 fully saturated rings. The van der Waals surface area contributed by atoms with Crippen LogP contribution in [0.25, 0.3) is 0 Å². The van der Waals surface area contributed by atoms with Crippen LogP contribution in [0.5, 0.6) is 0 Å². The Balaban J connectivity index is 2.22. The summed E-state index contributed by atoms with van der Waals surface area (Å²) in [5.74, 6) is 1.11. The van der Waals surface area contributed by atoms with Crippen molar-refractivity contribution in [3.05, 3.63) is 23.5 Å². The molecule has 1 aromatic rings. The van der Waals surface area contributed by atoms with E-state index in [4.69, 9.17) is 0 Å². The van der Waals surface area contributed by atoms with Gasteiger partial charge in [-0.2, -0.15) is 11.8 Å². The third-order valence-electron chi connectivity index (χ3n) is 3.17. The highest BCUT2D eigenvalue weighted by Crippen LogP contribution is 2.22. The molecule has 1 amide bonds. The number of carbonyl (C=O) groups excluding carboxylic acids is 1. The van der Waals surface area contributed by atoms with Crippen molar-refractivity contribution < 1.29 is 4.79 Å². The van der Waals surface area contributed by atoms with Gasteiger partial charge in [0.15, 0.2) is 0 Å². The van der Waals surface area contributed by atoms with E-state index in [1.165, 1.54) is 0 Å². The second-order valence-electron chi connectivity index (χ2n) is 4.83. The van der Waals surface area contributed by atoms with Crippen LogP contribution in [0.15, 0.2) is 12.3 Å². The number of amides is 1. The van der Waals surface area contributed by atoms with E-state index in [0.29, 0.717) is 10.8 Å². The topological polar surface area (TPSA) is 45.2 Å². The number of thioether (sulfide) groups is 1. The Labute approximate surface area is 119 Å². The van der Waals surface area contributed by atoms with Gasteiger partial charge < -0.3 is 10.2 Å². The molecule has 0 saturated carbocycles. The lowest BCUT2D eigenvalue weighted by Crippen LogP contribution is -2.41. The van der Waals surface area contributed by atoms with Gasteiger partial charge in [-0.1, -0.05) is 6.92 Å². The molecular formula is C14H21N3OS. The lowest BCUT2D eigenvalue weighted by atomic mass is 10.1. The Morgan fingerprint density at radius 3 is 3.11 bits per heavy atom. The number of pyridine rings is 1. The van der Waals surface area contributed by atoms with Crippen LogP contribution in [-0.2, 0) is 0 Å². The summed E-state index contributed by atoms with van der Waals surface area (Å²) in [6.45, 7) is 8.59. The van der Waals surface area contributed by atoms with Crippen LogP contribution in [0, 0.1) is 6.92 Å². The van der Waals surface area contributed by atoms with E-state index in [1.807, 2.05) is 36.6 Å². The monoisotopic (exact) mass is 279 g/mol. The Morgan fingerprint density at radius 1 is 1.63 bits per heavy atom. The quantitative estimate of drug-likeness (QED) is 0.923. The third-order valence-corrected chi connectivity index (χ3v) is 4.30. The van der Waals surface area contributed by atoms with Crippen molar-refractivity contribution >= 4 is 23.4 Å². The van der Waals surface area contributed by atoms with Gasteiger partial charge in [0.2, 0.25) is 0 Å². The number of nitrogens with zero attached hydrogens (tertiary/aromatic N) is 2. The first-order valence-corrected chi connectivity index (χ1v) is 7.78. The number of aromatic nitrogens is 1. The molecule has 104 valence electrons. The van der Waals surface area contributed by atoms with E-state index in [-0.39, 0.29) is 5.91 Å². The van der Waals surface area contributed by atoms with Gasteiger partial charge in [-0.3, -0.25) is 9.78 Å². The SMILES string of the molecule is CCNc1cc(C)ncc1C(=O)N1CCSC(C)C1. The van der Waals surface area contributed by atoms with Crippen LogP contribution in [-0.4, -0.2) is 46.4 Å². The first-order valence-electron chi connectivity index (χ1n) is 6.73. The number of rotatable bonds is 3. The van der Waals surface area contributed by atoms with Crippen LogP contribution < -0.4 is 5.32 Å². The Hall–Kier alpha value is -1.23. The molecule has 4 nitrogen and oxygen atoms in total. The van der Waals surface area contributed by atoms with Crippen LogP contribution in [0.3, 0.4) is 0 Å². The molecule has 1 unspecified atom stereocenters. The van der Waals surface area contributed by atoms with Crippen molar-refractivity contribution in [2.24, 2.45) is 0 Å². The van der Waals surface area contributed by atoms with Crippen LogP contribution in [0.2, 0.25) is 0 Å². The van der Waals surface area contributed by atoms with Gasteiger partial charge in [0.25, 0.3) is 5.91 Å². The molecule has 0 bridgehead atoms. The largest absolute Gasteiger partial charge is 0.385 e. The summed E-state index contributed by atoms with van der Waals surface area (Å²) < 4.78 is 0. The molecule has 5 heteroatoms. The van der Waals surface area contributed by atoms with Gasteiger partial charge in [-0.25, -0.2) is 0 Å². The van der Waals surface area contributed by atoms with Crippen molar-refractivity contribution in [1.29, 1.82) is 0 Å². The van der Waals surface area contributed by atoms with Crippen LogP contribution in [0.4, 0.5) is 5.69 Å². The number of carbonyl (C=O) groups is 1. The summed E-state index contributed by atoms with van der Waals surface area (Å²) >= 11 is 1.93. The highest BCUT2D eigenvalue weighted by molar-refractivity contribution is 7.99. The summed E-state index contributed by atoms with van der Waals surface area (Å²) in [6.07, 6.45) is 1.70. The van der Waals surface area contributed by atoms with Crippen molar-refractivity contribution in [1.82, 2.24) is 9.88 Å². The number of hydrogen-bond donors (Lipinski definition) is 1. The van der Waals surface area contributed by atoms with E-state index in [2.05, 4.69) is 17.2 Å². The molecule has 2 heterocycles. The average Bonchev–Trinajstić information content (AvgIpc) is 2.39. The standard InChI is InChI=1S/C14H21N3OS/c1-4-15-13-7-10(2)16-8-12(13)14(18)17-5-6-19-11(3)9-17/h7-8,11H,4-6,9H2,1-3H3,(H,15,16). The maximum Gasteiger partial charge on any atom is 0.257 e. The Kier molecular flexibility index (Phi) is 4.69. The van der Waals surface area contributed by atoms with Crippen molar-refractivity contribution in [2.45, 2.75) is 26.0 Å². The third kappa shape index (κ3) is 3.41. The Bertz CT molecular complexity index is 464. The van der Waals surface area contributed by atoms with E-state index < -0.39 is 0 Å². The zero-order valence-electron chi connectivity index (χ0n) is 11.8. The minimum absolute atomic E-state index is 0.0931. The van der Waals surface area contributed by atoms with Gasteiger partial charge >= 0.3 is 0 Å². The molecular weight excluding hydrogens is 258 g/mol. The fraction of sp³-hybridized carbons (Fsp3) is 0.571. The van der Waals surface area contributed by atoms with E-state index >= 15 is 0 Å². The highest BCUT2D eigenvalue weighted by atomic mass is 32.2. The average molecular weight is 279 g/mol. The minimum atomic E-state index is 0.0931. The number of anilines is 1. The molecule has 19 heavy (non-hydrogen) atoms. The van der Waals surface area contributed by atoms with Gasteiger partial charge in [0, 0.05) is 42.5 Å². The minimum Gasteiger partial charge on any atom is -0.385 e. The summed E-state index contributed by atoms with van der Waals surface area (Å²) in [5, 5.41) is 3.77. The highest BCUT2D eigenvalue weighted by Gasteiger charge is 2.24. The van der Waals surface area contributed by atoms with E-state index in [1.54, 1.807) is 6.20 Å². The van der Waals surface area contributed by atoms with Crippen LogP contribution >= 0.6 is 11.8 Å². The molecule has 1 N–H and O–H groups in total. The second-order valence-corrected chi connectivity index (χ2v) is 6.38. The second kappa shape index (κ2) is 6.28. The molecule has 2 rings (SSSR count). The van der Waals surface area contributed by atoms with Crippen LogP contribution in [0.1, 0.15) is 29.9 Å². The van der Waals surface area contributed by atoms with Gasteiger partial charge in [0.05, 0.1) is 11.3 Å². The molecule has 1 aliphatic heterocycles. The fourth-order valence-corrected chi connectivity index (χ4v) is 3.25. The summed E-state index contributed by atoms with van der Waals surface area (Å²) in [6, 6.07) is 1.94. The van der Waals surface area contributed by atoms with Gasteiger partial charge in [-0.15, -0.1) is 0 Å². The zero-order chi connectivity index (χ0) is 13.8. The molecule has 0 aromatic carbocycles. The number of aryl methyl sites for hydroxylation is 1. The normalized spacial score (nSPS) is 19.3. The zero-order valence-corrected chi connectivity index (χ0v) is 12.6. The lowest BCUT2D eigenvalue weighted by molar-refractivity contribution is 0.0763. The molecule has 0 radical (unpaired) electrons. The van der Waals surface area contributed by atoms with E-state index in [9.17, 15) is 4.79 Å². The molecule has 0 spiro atoms. The van der Waals surface area contributed by atoms with E-state index in [0.717, 1.165) is 36.8 Å². The molecule has 1 aliphatic rings. The molecule has 0 aliphatic carbocycles. The predicted molar refractivity (Wildman–Crippen MR) is 81.0 cm³/mol. The number of hydrogen-bond acceptors (Lipinski definition) is 4. The predicted octanol–water partition coefficient (Wildman–Crippen LogP) is 2.40. The lowest BCUT2D eigenvalue weighted by Gasteiger charge is -2.31. The maximum absolute atomic E-state index is 12.6. The van der Waals surface area contributed by atoms with Gasteiger partial charge in [0.1, 0.15) is 0 Å². The Morgan fingerprint density at radius 2 is 2.42 bits per heavy atom. The molecule has 1 saturated heterocycles. The number of nitrogens with one attached hydrogen (secondary N) is 1. The van der Waals surface area contributed by atoms with Crippen molar-refractivity contribution in [3.63, 3.8) is 0 Å². The fourth-order valence-electron chi connectivity index (χ4n) is 2.24. The van der Waals surface area contributed by atoms with Crippen molar-refractivity contribution in [2.75, 3.05) is 30.7 Å². The summed E-state index contributed by atoms with van der Waals surface area (Å²) in [5.41, 5.74) is 2.51. The smallest absolute Gasteiger partial charge is 0.257 e. The summed E-state index contributed by atoms with van der Waals surface area (Å²) in [4.78, 5) is 18.8. The first-order chi connectivity index (χ1) is 9.11. The first kappa shape index (κ1) is 14.2. The molecule has 1 aromatic heterocycles. The maximum atomic E-state index is 12.6. The van der Waals surface area contributed by atoms with Gasteiger partial charge in [-0.05, 0) is 19.9 Å². The van der Waals surface area contributed by atoms with Crippen molar-refractivity contribution in [3.8, 4) is 0 Å². The summed E-state index contributed by atoms with van der Waals surface area (Å²) in [7, 11) is 0. The molecule has 1 atom stereocenters.